The molecule has 2 aromatic heterocycles. The number of benzene rings is 2. The van der Waals surface area contributed by atoms with Gasteiger partial charge in [0.2, 0.25) is 0 Å². The molecule has 5 rings (SSSR count). The molecule has 0 aliphatic carbocycles. The number of amidine groups is 1. The van der Waals surface area contributed by atoms with Crippen LogP contribution >= 0.6 is 23.4 Å². The van der Waals surface area contributed by atoms with Gasteiger partial charge in [-0.05, 0) is 67.6 Å². The number of halogens is 2. The summed E-state index contributed by atoms with van der Waals surface area (Å²) in [4.78, 5) is 20.3. The molecule has 3 atom stereocenters. The molecule has 1 fully saturated rings. The number of nitrogens with one attached hydrogen (secondary N) is 4. The Hall–Kier alpha value is -3.22. The lowest BCUT2D eigenvalue weighted by Gasteiger charge is -2.31. The highest BCUT2D eigenvalue weighted by Crippen LogP contribution is 2.31. The van der Waals surface area contributed by atoms with Gasteiger partial charge in [-0.15, -0.1) is 0 Å². The van der Waals surface area contributed by atoms with Crippen molar-refractivity contribution in [2.75, 3.05) is 12.3 Å². The van der Waals surface area contributed by atoms with Gasteiger partial charge < -0.3 is 26.5 Å². The van der Waals surface area contributed by atoms with Gasteiger partial charge >= 0.3 is 5.69 Å². The van der Waals surface area contributed by atoms with E-state index in [-0.39, 0.29) is 21.8 Å². The van der Waals surface area contributed by atoms with Crippen molar-refractivity contribution in [2.45, 2.75) is 57.3 Å². The average molecular weight is 612 g/mol. The van der Waals surface area contributed by atoms with Gasteiger partial charge in [-0.1, -0.05) is 41.9 Å². The van der Waals surface area contributed by atoms with E-state index in [4.69, 9.17) is 22.7 Å². The average Bonchev–Trinajstić information content (AvgIpc) is 3.37. The third kappa shape index (κ3) is 7.22. The highest BCUT2D eigenvalue weighted by Gasteiger charge is 2.22. The fourth-order valence-electron chi connectivity index (χ4n) is 5.38. The van der Waals surface area contributed by atoms with Gasteiger partial charge in [0.05, 0.1) is 22.5 Å². The lowest BCUT2D eigenvalue weighted by molar-refractivity contribution is 0.191. The number of aliphatic hydroxyl groups excluding tert-OH is 1. The molecular formula is C30H35ClFN7O2S. The van der Waals surface area contributed by atoms with E-state index in [1.54, 1.807) is 31.3 Å². The lowest BCUT2D eigenvalue weighted by atomic mass is 9.92. The summed E-state index contributed by atoms with van der Waals surface area (Å²) in [6, 6.07) is 13.5. The maximum Gasteiger partial charge on any atom is 0.354 e. The van der Waals surface area contributed by atoms with Crippen LogP contribution in [-0.2, 0) is 6.54 Å². The van der Waals surface area contributed by atoms with Crippen LogP contribution in [0.5, 0.6) is 0 Å². The Labute approximate surface area is 252 Å². The predicted octanol–water partition coefficient (Wildman–Crippen LogP) is 4.84. The minimum atomic E-state index is -0.565. The van der Waals surface area contributed by atoms with Gasteiger partial charge in [-0.2, -0.15) is 4.98 Å². The minimum absolute atomic E-state index is 0.0126. The van der Waals surface area contributed by atoms with E-state index >= 15 is 4.39 Å². The van der Waals surface area contributed by atoms with Gasteiger partial charge in [0.15, 0.2) is 11.0 Å². The fourth-order valence-corrected chi connectivity index (χ4v) is 6.25. The molecule has 9 nitrogen and oxygen atoms in total. The van der Waals surface area contributed by atoms with Crippen LogP contribution in [0.25, 0.3) is 28.0 Å². The lowest BCUT2D eigenvalue weighted by Crippen LogP contribution is -2.37. The number of piperidine rings is 1. The summed E-state index contributed by atoms with van der Waals surface area (Å²) in [7, 11) is 0. The number of thioether (sulfide) groups is 1. The Balaban J connectivity index is 1.35. The molecule has 42 heavy (non-hydrogen) atoms. The normalized spacial score (nSPS) is 17.9. The summed E-state index contributed by atoms with van der Waals surface area (Å²) < 4.78 is 16.5. The molecule has 1 aliphatic heterocycles. The van der Waals surface area contributed by atoms with Crippen LogP contribution in [0.4, 0.5) is 4.39 Å². The largest absolute Gasteiger partial charge is 0.392 e. The summed E-state index contributed by atoms with van der Waals surface area (Å²) in [5.41, 5.74) is 8.71. The number of aromatic amines is 1. The Morgan fingerprint density at radius 3 is 2.83 bits per heavy atom. The van der Waals surface area contributed by atoms with Gasteiger partial charge in [0, 0.05) is 48.1 Å². The van der Waals surface area contributed by atoms with Crippen LogP contribution in [0, 0.1) is 11.2 Å². The zero-order chi connectivity index (χ0) is 29.8. The molecule has 4 aromatic rings. The van der Waals surface area contributed by atoms with E-state index in [0.29, 0.717) is 41.5 Å². The predicted molar refractivity (Wildman–Crippen MR) is 168 cm³/mol. The molecule has 0 spiro atoms. The Morgan fingerprint density at radius 1 is 1.31 bits per heavy atom. The smallest absolute Gasteiger partial charge is 0.354 e. The number of H-pyrrole nitrogens is 1. The number of hydrogen-bond donors (Lipinski definition) is 6. The van der Waals surface area contributed by atoms with Crippen LogP contribution in [0.1, 0.15) is 49.8 Å². The molecule has 1 aliphatic rings. The van der Waals surface area contributed by atoms with E-state index in [0.717, 1.165) is 42.6 Å². The van der Waals surface area contributed by atoms with Crippen LogP contribution in [0.2, 0.25) is 5.02 Å². The van der Waals surface area contributed by atoms with E-state index in [1.807, 2.05) is 24.3 Å². The van der Waals surface area contributed by atoms with Gasteiger partial charge in [0.25, 0.3) is 0 Å². The summed E-state index contributed by atoms with van der Waals surface area (Å²) in [6.07, 6.45) is 5.42. The summed E-state index contributed by atoms with van der Waals surface area (Å²) in [5, 5.41) is 24.5. The summed E-state index contributed by atoms with van der Waals surface area (Å²) >= 11 is 7.57. The van der Waals surface area contributed by atoms with E-state index < -0.39 is 17.6 Å². The van der Waals surface area contributed by atoms with Crippen molar-refractivity contribution in [1.82, 2.24) is 25.2 Å². The number of nitrogens with two attached hydrogens (primary N) is 1. The maximum atomic E-state index is 15.1. The maximum absolute atomic E-state index is 15.1. The van der Waals surface area contributed by atoms with Crippen molar-refractivity contribution >= 4 is 39.6 Å². The highest BCUT2D eigenvalue weighted by molar-refractivity contribution is 8.13. The molecule has 0 bridgehead atoms. The molecule has 7 N–H and O–H groups in total. The summed E-state index contributed by atoms with van der Waals surface area (Å²) in [5.74, 6) is 0.258. The first-order valence-corrected chi connectivity index (χ1v) is 15.4. The minimum Gasteiger partial charge on any atom is -0.392 e. The number of fused-ring (bicyclic) bond motifs is 1. The number of aromatic nitrogens is 3. The number of aliphatic hydroxyl groups is 1. The Kier molecular flexibility index (Phi) is 9.64. The molecule has 0 radical (unpaired) electrons. The molecule has 2 aromatic carbocycles. The molecule has 3 heterocycles. The van der Waals surface area contributed by atoms with Gasteiger partial charge in [-0.3, -0.25) is 9.98 Å². The third-order valence-corrected chi connectivity index (χ3v) is 8.46. The van der Waals surface area contributed by atoms with Crippen molar-refractivity contribution in [3.63, 3.8) is 0 Å². The van der Waals surface area contributed by atoms with Crippen LogP contribution in [0.15, 0.2) is 53.5 Å². The molecule has 1 saturated heterocycles. The first-order chi connectivity index (χ1) is 20.2. The van der Waals surface area contributed by atoms with Crippen LogP contribution in [-0.4, -0.2) is 49.3 Å². The van der Waals surface area contributed by atoms with Crippen molar-refractivity contribution in [2.24, 2.45) is 5.73 Å². The third-order valence-electron chi connectivity index (χ3n) is 7.43. The number of hydrogen-bond acceptors (Lipinski definition) is 7. The second-order valence-electron chi connectivity index (χ2n) is 10.7. The van der Waals surface area contributed by atoms with E-state index in [2.05, 4.69) is 20.6 Å². The second-order valence-corrected chi connectivity index (χ2v) is 12.3. The highest BCUT2D eigenvalue weighted by atomic mass is 35.5. The van der Waals surface area contributed by atoms with Gasteiger partial charge in [-0.25, -0.2) is 9.18 Å². The molecular weight excluding hydrogens is 577 g/mol. The zero-order valence-electron chi connectivity index (χ0n) is 23.3. The van der Waals surface area contributed by atoms with Crippen molar-refractivity contribution < 1.29 is 9.50 Å². The second kappa shape index (κ2) is 13.4. The Bertz CT molecular complexity index is 1620. The summed E-state index contributed by atoms with van der Waals surface area (Å²) in [6.45, 7) is 2.49. The first-order valence-electron chi connectivity index (χ1n) is 14.0. The first kappa shape index (κ1) is 30.2. The number of rotatable bonds is 10. The van der Waals surface area contributed by atoms with E-state index in [1.165, 1.54) is 16.3 Å². The molecule has 222 valence electrons. The molecule has 0 saturated carbocycles. The van der Waals surface area contributed by atoms with Gasteiger partial charge in [0.1, 0.15) is 5.65 Å². The Morgan fingerprint density at radius 2 is 2.10 bits per heavy atom. The standard InChI is InChI=1S/C30H35ClFN7O2S/c1-17(40)14-35-15-18-11-23(27(32)24(31)12-18)26-13-20-16-39(30(41)38-28(20)37-26)22-7-5-19(6-8-22)25-4-2-3-21(36-25)9-10-42-29(33)34/h5-8,11-13,16-17,21,25,35-36,40H,2-4,9-10,14-15H2,1H3,(H3,33,34)(H,37,38,41)/t17-,21-,25-/m0/s1. The van der Waals surface area contributed by atoms with Crippen LogP contribution < -0.4 is 22.1 Å². The fraction of sp³-hybridized carbons (Fsp3) is 0.367. The quantitative estimate of drug-likeness (QED) is 0.111. The molecule has 12 heteroatoms. The van der Waals surface area contributed by atoms with Crippen molar-refractivity contribution in [3.8, 4) is 16.9 Å². The number of nitrogens with zero attached hydrogens (tertiary/aromatic N) is 2. The van der Waals surface area contributed by atoms with Crippen molar-refractivity contribution in [1.29, 1.82) is 5.41 Å². The van der Waals surface area contributed by atoms with Crippen LogP contribution in [0.3, 0.4) is 0 Å². The molecule has 0 unspecified atom stereocenters. The van der Waals surface area contributed by atoms with Crippen molar-refractivity contribution in [3.05, 3.63) is 81.1 Å². The zero-order valence-corrected chi connectivity index (χ0v) is 24.9. The topological polar surface area (TPSA) is 145 Å². The molecule has 0 amide bonds. The van der Waals surface area contributed by atoms with E-state index in [9.17, 15) is 9.90 Å². The monoisotopic (exact) mass is 611 g/mol. The SMILES string of the molecule is C[C@H](O)CNCc1cc(Cl)c(F)c(-c2cc3cn(-c4ccc([C@@H]5CCC[C@@H](CCSC(=N)N)N5)cc4)c(=O)nc3[nH]2)c1.